The number of aryl methyl sites for hydroxylation is 1. The molecule has 0 fully saturated rings. The van der Waals surface area contributed by atoms with Gasteiger partial charge < -0.3 is 5.32 Å². The van der Waals surface area contributed by atoms with Crippen LogP contribution in [-0.2, 0) is 4.79 Å². The summed E-state index contributed by atoms with van der Waals surface area (Å²) in [5.41, 5.74) is 1.79. The van der Waals surface area contributed by atoms with E-state index in [1.54, 1.807) is 12.1 Å². The SMILES string of the molecule is CC(=O)Nc1nc(C)c(-c2ccc(Cl)c(Cl)c2)s1. The molecule has 0 aliphatic rings. The van der Waals surface area contributed by atoms with Crippen molar-refractivity contribution in [1.82, 2.24) is 4.98 Å². The average Bonchev–Trinajstić information content (AvgIpc) is 2.62. The lowest BCUT2D eigenvalue weighted by atomic mass is 10.2. The Kier molecular flexibility index (Phi) is 3.90. The number of nitrogens with zero attached hydrogens (tertiary/aromatic N) is 1. The quantitative estimate of drug-likeness (QED) is 0.894. The Bertz CT molecular complexity index is 610. The number of hydrogen-bond donors (Lipinski definition) is 1. The van der Waals surface area contributed by atoms with E-state index in [4.69, 9.17) is 23.2 Å². The minimum Gasteiger partial charge on any atom is -0.302 e. The second-order valence-electron chi connectivity index (χ2n) is 3.74. The van der Waals surface area contributed by atoms with Gasteiger partial charge in [-0.05, 0) is 24.6 Å². The molecule has 18 heavy (non-hydrogen) atoms. The number of nitrogens with one attached hydrogen (secondary N) is 1. The molecule has 2 rings (SSSR count). The first-order valence-corrected chi connectivity index (χ1v) is 6.75. The minimum absolute atomic E-state index is 0.135. The van der Waals surface area contributed by atoms with Crippen molar-refractivity contribution >= 4 is 45.6 Å². The molecule has 3 nitrogen and oxygen atoms in total. The van der Waals surface area contributed by atoms with Crippen molar-refractivity contribution in [2.24, 2.45) is 0 Å². The first-order valence-electron chi connectivity index (χ1n) is 5.18. The van der Waals surface area contributed by atoms with Crippen LogP contribution in [-0.4, -0.2) is 10.9 Å². The highest BCUT2D eigenvalue weighted by molar-refractivity contribution is 7.19. The molecule has 1 heterocycles. The fourth-order valence-electron chi connectivity index (χ4n) is 1.51. The zero-order valence-electron chi connectivity index (χ0n) is 9.75. The number of carbonyl (C=O) groups excluding carboxylic acids is 1. The van der Waals surface area contributed by atoms with Crippen LogP contribution >= 0.6 is 34.5 Å². The standard InChI is InChI=1S/C12H10Cl2N2OS/c1-6-11(18-12(15-6)16-7(2)17)8-3-4-9(13)10(14)5-8/h3-5H,1-2H3,(H,15,16,17). The Morgan fingerprint density at radius 1 is 1.33 bits per heavy atom. The first kappa shape index (κ1) is 13.3. The molecule has 0 aliphatic heterocycles. The Hall–Kier alpha value is -1.10. The van der Waals surface area contributed by atoms with E-state index in [9.17, 15) is 4.79 Å². The lowest BCUT2D eigenvalue weighted by molar-refractivity contribution is -0.114. The highest BCUT2D eigenvalue weighted by Crippen LogP contribution is 2.35. The number of carbonyl (C=O) groups is 1. The van der Waals surface area contributed by atoms with Gasteiger partial charge in [0.25, 0.3) is 0 Å². The van der Waals surface area contributed by atoms with Gasteiger partial charge in [0.05, 0.1) is 20.6 Å². The molecule has 0 saturated carbocycles. The largest absolute Gasteiger partial charge is 0.302 e. The molecule has 0 atom stereocenters. The van der Waals surface area contributed by atoms with Gasteiger partial charge in [-0.3, -0.25) is 4.79 Å². The summed E-state index contributed by atoms with van der Waals surface area (Å²) in [7, 11) is 0. The molecule has 0 aliphatic carbocycles. The third-order valence-corrected chi connectivity index (χ3v) is 4.12. The monoisotopic (exact) mass is 300 g/mol. The van der Waals surface area contributed by atoms with Crippen molar-refractivity contribution in [1.29, 1.82) is 0 Å². The molecule has 1 N–H and O–H groups in total. The van der Waals surface area contributed by atoms with Gasteiger partial charge in [-0.15, -0.1) is 0 Å². The molecule has 0 unspecified atom stereocenters. The number of halogens is 2. The van der Waals surface area contributed by atoms with Crippen LogP contribution in [0.3, 0.4) is 0 Å². The van der Waals surface area contributed by atoms with Crippen LogP contribution in [0, 0.1) is 6.92 Å². The van der Waals surface area contributed by atoms with E-state index >= 15 is 0 Å². The van der Waals surface area contributed by atoms with Crippen molar-refractivity contribution < 1.29 is 4.79 Å². The summed E-state index contributed by atoms with van der Waals surface area (Å²) in [6.45, 7) is 3.34. The highest BCUT2D eigenvalue weighted by Gasteiger charge is 2.11. The molecule has 1 amide bonds. The first-order chi connectivity index (χ1) is 8.47. The maximum Gasteiger partial charge on any atom is 0.223 e. The van der Waals surface area contributed by atoms with E-state index < -0.39 is 0 Å². The number of aromatic nitrogens is 1. The molecule has 1 aromatic carbocycles. The van der Waals surface area contributed by atoms with E-state index in [0.717, 1.165) is 16.1 Å². The number of benzene rings is 1. The highest BCUT2D eigenvalue weighted by atomic mass is 35.5. The summed E-state index contributed by atoms with van der Waals surface area (Å²) in [4.78, 5) is 16.2. The number of hydrogen-bond acceptors (Lipinski definition) is 3. The Morgan fingerprint density at radius 2 is 2.06 bits per heavy atom. The number of thiazole rings is 1. The number of amides is 1. The van der Waals surface area contributed by atoms with E-state index in [-0.39, 0.29) is 5.91 Å². The topological polar surface area (TPSA) is 42.0 Å². The molecule has 0 radical (unpaired) electrons. The fraction of sp³-hybridized carbons (Fsp3) is 0.167. The molecule has 1 aromatic heterocycles. The van der Waals surface area contributed by atoms with Gasteiger partial charge in [0.15, 0.2) is 5.13 Å². The van der Waals surface area contributed by atoms with Crippen LogP contribution in [0.4, 0.5) is 5.13 Å². The second kappa shape index (κ2) is 5.26. The van der Waals surface area contributed by atoms with Gasteiger partial charge in [0.1, 0.15) is 0 Å². The van der Waals surface area contributed by atoms with E-state index in [2.05, 4.69) is 10.3 Å². The molecule has 0 saturated heterocycles. The van der Waals surface area contributed by atoms with Gasteiger partial charge in [-0.1, -0.05) is 40.6 Å². The van der Waals surface area contributed by atoms with Crippen LogP contribution < -0.4 is 5.32 Å². The molecular formula is C12H10Cl2N2OS. The average molecular weight is 301 g/mol. The van der Waals surface area contributed by atoms with Gasteiger partial charge in [-0.25, -0.2) is 4.98 Å². The number of anilines is 1. The maximum absolute atomic E-state index is 11.0. The molecule has 0 spiro atoms. The molecule has 94 valence electrons. The van der Waals surface area contributed by atoms with Crippen LogP contribution in [0.2, 0.25) is 10.0 Å². The Morgan fingerprint density at radius 3 is 2.67 bits per heavy atom. The van der Waals surface area contributed by atoms with E-state index in [1.807, 2.05) is 13.0 Å². The van der Waals surface area contributed by atoms with Gasteiger partial charge in [0, 0.05) is 6.92 Å². The van der Waals surface area contributed by atoms with E-state index in [0.29, 0.717) is 15.2 Å². The van der Waals surface area contributed by atoms with Crippen molar-refractivity contribution in [3.05, 3.63) is 33.9 Å². The molecule has 0 bridgehead atoms. The molecule has 2 aromatic rings. The van der Waals surface area contributed by atoms with Crippen LogP contribution in [0.5, 0.6) is 0 Å². The molecular weight excluding hydrogens is 291 g/mol. The van der Waals surface area contributed by atoms with Crippen molar-refractivity contribution in [2.45, 2.75) is 13.8 Å². The fourth-order valence-corrected chi connectivity index (χ4v) is 2.81. The summed E-state index contributed by atoms with van der Waals surface area (Å²) in [6, 6.07) is 5.42. The predicted octanol–water partition coefficient (Wildman–Crippen LogP) is 4.38. The second-order valence-corrected chi connectivity index (χ2v) is 5.56. The summed E-state index contributed by atoms with van der Waals surface area (Å²) in [5.74, 6) is -0.135. The van der Waals surface area contributed by atoms with Gasteiger partial charge >= 0.3 is 0 Å². The maximum atomic E-state index is 11.0. The summed E-state index contributed by atoms with van der Waals surface area (Å²) in [5, 5.41) is 4.28. The lowest BCUT2D eigenvalue weighted by Gasteiger charge is -2.01. The summed E-state index contributed by atoms with van der Waals surface area (Å²) < 4.78 is 0. The Labute approximate surface area is 119 Å². The normalized spacial score (nSPS) is 10.4. The zero-order chi connectivity index (χ0) is 13.3. The number of rotatable bonds is 2. The van der Waals surface area contributed by atoms with E-state index in [1.165, 1.54) is 18.3 Å². The third-order valence-electron chi connectivity index (χ3n) is 2.26. The minimum atomic E-state index is -0.135. The zero-order valence-corrected chi connectivity index (χ0v) is 12.1. The third kappa shape index (κ3) is 2.83. The predicted molar refractivity (Wildman–Crippen MR) is 76.6 cm³/mol. The smallest absolute Gasteiger partial charge is 0.223 e. The van der Waals surface area contributed by atoms with Gasteiger partial charge in [-0.2, -0.15) is 0 Å². The molecule has 6 heteroatoms. The van der Waals surface area contributed by atoms with Crippen molar-refractivity contribution in [3.8, 4) is 10.4 Å². The van der Waals surface area contributed by atoms with Gasteiger partial charge in [0.2, 0.25) is 5.91 Å². The van der Waals surface area contributed by atoms with Crippen LogP contribution in [0.1, 0.15) is 12.6 Å². The van der Waals surface area contributed by atoms with Crippen molar-refractivity contribution in [3.63, 3.8) is 0 Å². The lowest BCUT2D eigenvalue weighted by Crippen LogP contribution is -2.04. The van der Waals surface area contributed by atoms with Crippen LogP contribution in [0.25, 0.3) is 10.4 Å². The Balaban J connectivity index is 2.41. The summed E-state index contributed by atoms with van der Waals surface area (Å²) >= 11 is 13.3. The summed E-state index contributed by atoms with van der Waals surface area (Å²) in [6.07, 6.45) is 0. The van der Waals surface area contributed by atoms with Crippen molar-refractivity contribution in [2.75, 3.05) is 5.32 Å². The van der Waals surface area contributed by atoms with Crippen LogP contribution in [0.15, 0.2) is 18.2 Å².